The van der Waals surface area contributed by atoms with Crippen molar-refractivity contribution >= 4 is 21.1 Å². The van der Waals surface area contributed by atoms with Crippen LogP contribution in [0.25, 0.3) is 0 Å². The summed E-state index contributed by atoms with van der Waals surface area (Å²) in [4.78, 5) is 2.59. The van der Waals surface area contributed by atoms with E-state index in [0.717, 1.165) is 18.1 Å². The molecule has 0 aromatic heterocycles. The summed E-state index contributed by atoms with van der Waals surface area (Å²) in [5, 5.41) is 1.37. The Kier molecular flexibility index (Phi) is 7.14. The molecule has 0 N–H and O–H groups in total. The molecule has 1 heterocycles. The summed E-state index contributed by atoms with van der Waals surface area (Å²) in [6, 6.07) is 9.72. The van der Waals surface area contributed by atoms with Crippen molar-refractivity contribution in [1.82, 2.24) is 4.90 Å². The number of morpholine rings is 1. The second-order valence-corrected chi connectivity index (χ2v) is 11.5. The lowest BCUT2D eigenvalue weighted by atomic mass is 10.1. The van der Waals surface area contributed by atoms with E-state index >= 15 is 0 Å². The van der Waals surface area contributed by atoms with Crippen LogP contribution in [0.4, 0.5) is 0 Å². The molecule has 0 aliphatic carbocycles. The molecule has 1 aromatic carbocycles. The van der Waals surface area contributed by atoms with Gasteiger partial charge in [-0.3, -0.25) is 4.90 Å². The molecule has 2 atom stereocenters. The van der Waals surface area contributed by atoms with E-state index in [2.05, 4.69) is 44.7 Å². The molecule has 0 bridgehead atoms. The molecule has 130 valence electrons. The van der Waals surface area contributed by atoms with E-state index in [1.54, 1.807) is 0 Å². The molecule has 2 unspecified atom stereocenters. The molecule has 23 heavy (non-hydrogen) atoms. The second kappa shape index (κ2) is 8.66. The average molecular weight is 354 g/mol. The Morgan fingerprint density at radius 2 is 1.78 bits per heavy atom. The highest BCUT2D eigenvalue weighted by Crippen LogP contribution is 2.30. The first-order valence-corrected chi connectivity index (χ1v) is 11.0. The van der Waals surface area contributed by atoms with Crippen molar-refractivity contribution in [3.05, 3.63) is 34.9 Å². The topological polar surface area (TPSA) is 12.5 Å². The molecule has 2 nitrogen and oxygen atoms in total. The van der Waals surface area contributed by atoms with Crippen LogP contribution in [-0.4, -0.2) is 46.3 Å². The van der Waals surface area contributed by atoms with Crippen molar-refractivity contribution in [2.24, 2.45) is 0 Å². The molecule has 1 aromatic rings. The lowest BCUT2D eigenvalue weighted by Gasteiger charge is -2.37. The van der Waals surface area contributed by atoms with Crippen LogP contribution in [0.15, 0.2) is 24.3 Å². The molecule has 1 saturated heterocycles. The molecule has 0 spiro atoms. The fourth-order valence-electron chi connectivity index (χ4n) is 3.47. The van der Waals surface area contributed by atoms with E-state index in [4.69, 9.17) is 16.3 Å². The number of hydrogen-bond donors (Lipinski definition) is 0. The predicted octanol–water partition coefficient (Wildman–Crippen LogP) is 4.17. The minimum atomic E-state index is -0.0779. The fraction of sp³-hybridized carbons (Fsp3) is 0.684. The summed E-state index contributed by atoms with van der Waals surface area (Å²) in [6.07, 6.45) is 3.28. The van der Waals surface area contributed by atoms with E-state index in [9.17, 15) is 0 Å². The molecular formula is C19H32ClNOSi. The molecule has 1 aliphatic heterocycles. The average Bonchev–Trinajstić information content (AvgIpc) is 2.46. The summed E-state index contributed by atoms with van der Waals surface area (Å²) < 4.78 is 5.83. The Bertz CT molecular complexity index is 467. The summed E-state index contributed by atoms with van der Waals surface area (Å²) in [6.45, 7) is 12.7. The summed E-state index contributed by atoms with van der Waals surface area (Å²) in [5.41, 5.74) is 1.42. The quantitative estimate of drug-likeness (QED) is 0.682. The maximum absolute atomic E-state index is 5.95. The van der Waals surface area contributed by atoms with Crippen LogP contribution < -0.4 is 0 Å². The van der Waals surface area contributed by atoms with E-state index in [1.165, 1.54) is 31.0 Å². The summed E-state index contributed by atoms with van der Waals surface area (Å²) >= 11 is 5.95. The first-order valence-electron chi connectivity index (χ1n) is 8.96. The van der Waals surface area contributed by atoms with Crippen molar-refractivity contribution in [3.63, 3.8) is 0 Å². The Hall–Kier alpha value is -0.353. The van der Waals surface area contributed by atoms with Gasteiger partial charge in [-0.25, -0.2) is 0 Å². The van der Waals surface area contributed by atoms with Crippen molar-refractivity contribution in [2.45, 2.75) is 63.8 Å². The van der Waals surface area contributed by atoms with Crippen LogP contribution in [0, 0.1) is 0 Å². The third kappa shape index (κ3) is 6.96. The monoisotopic (exact) mass is 353 g/mol. The molecule has 0 amide bonds. The first-order chi connectivity index (χ1) is 10.8. The largest absolute Gasteiger partial charge is 0.373 e. The van der Waals surface area contributed by atoms with Crippen LogP contribution in [0.5, 0.6) is 0 Å². The number of aryl methyl sites for hydroxylation is 1. The van der Waals surface area contributed by atoms with Gasteiger partial charge in [-0.1, -0.05) is 43.6 Å². The van der Waals surface area contributed by atoms with Crippen molar-refractivity contribution in [3.8, 4) is 0 Å². The van der Waals surface area contributed by atoms with Gasteiger partial charge in [0.25, 0.3) is 0 Å². The zero-order valence-corrected chi connectivity index (χ0v) is 17.3. The smallest absolute Gasteiger partial charge is 0.0678 e. The molecule has 4 heteroatoms. The number of ether oxygens (including phenoxy) is 1. The van der Waals surface area contributed by atoms with E-state index < -0.39 is 0 Å². The Morgan fingerprint density at radius 1 is 1.17 bits per heavy atom. The van der Waals surface area contributed by atoms with Gasteiger partial charge in [0.15, 0.2) is 0 Å². The normalized spacial score (nSPS) is 23.7. The molecule has 1 aliphatic rings. The van der Waals surface area contributed by atoms with Crippen LogP contribution in [-0.2, 0) is 11.2 Å². The van der Waals surface area contributed by atoms with E-state index in [-0.39, 0.29) is 9.52 Å². The number of hydrogen-bond acceptors (Lipinski definition) is 2. The van der Waals surface area contributed by atoms with Crippen LogP contribution >= 0.6 is 11.6 Å². The SMILES string of the molecule is CC1CN(CCC(C)(C)[SiH2]CCc2ccc(Cl)cc2)CC(C)O1. The summed E-state index contributed by atoms with van der Waals surface area (Å²) in [5.74, 6) is 0. The van der Waals surface area contributed by atoms with Crippen LogP contribution in [0.3, 0.4) is 0 Å². The Balaban J connectivity index is 1.70. The second-order valence-electron chi connectivity index (χ2n) is 7.91. The van der Waals surface area contributed by atoms with Gasteiger partial charge in [0, 0.05) is 27.6 Å². The molecular weight excluding hydrogens is 322 g/mol. The highest BCUT2D eigenvalue weighted by Gasteiger charge is 2.25. The maximum atomic E-state index is 5.95. The van der Waals surface area contributed by atoms with Crippen molar-refractivity contribution in [1.29, 1.82) is 0 Å². The highest BCUT2D eigenvalue weighted by molar-refractivity contribution is 6.39. The minimum absolute atomic E-state index is 0.0779. The van der Waals surface area contributed by atoms with Crippen LogP contribution in [0.1, 0.15) is 39.7 Å². The van der Waals surface area contributed by atoms with E-state index in [0.29, 0.717) is 17.2 Å². The number of rotatable bonds is 7. The molecule has 0 radical (unpaired) electrons. The lowest BCUT2D eigenvalue weighted by molar-refractivity contribution is -0.0685. The Morgan fingerprint density at radius 3 is 2.39 bits per heavy atom. The predicted molar refractivity (Wildman–Crippen MR) is 104 cm³/mol. The van der Waals surface area contributed by atoms with Crippen molar-refractivity contribution in [2.75, 3.05) is 19.6 Å². The lowest BCUT2D eigenvalue weighted by Crippen LogP contribution is -2.46. The molecule has 2 rings (SSSR count). The number of nitrogens with zero attached hydrogens (tertiary/aromatic N) is 1. The van der Waals surface area contributed by atoms with Gasteiger partial charge in [-0.2, -0.15) is 0 Å². The number of benzene rings is 1. The zero-order chi connectivity index (χ0) is 16.9. The standard InChI is InChI=1S/C19H32ClNOSi/c1-15-13-21(14-16(2)22-15)11-10-19(3,4)23-12-9-17-5-7-18(20)8-6-17/h5-8,15-16H,9-14,23H2,1-4H3. The van der Waals surface area contributed by atoms with Gasteiger partial charge in [0.05, 0.1) is 12.2 Å². The maximum Gasteiger partial charge on any atom is 0.0678 e. The van der Waals surface area contributed by atoms with Crippen molar-refractivity contribution < 1.29 is 4.74 Å². The number of halogens is 1. The van der Waals surface area contributed by atoms with Gasteiger partial charge in [-0.05, 0) is 56.0 Å². The van der Waals surface area contributed by atoms with Gasteiger partial charge in [0.2, 0.25) is 0 Å². The van der Waals surface area contributed by atoms with Gasteiger partial charge < -0.3 is 4.74 Å². The third-order valence-corrected chi connectivity index (χ3v) is 7.50. The first kappa shape index (κ1) is 19.0. The van der Waals surface area contributed by atoms with E-state index in [1.807, 2.05) is 12.1 Å². The molecule has 1 fully saturated rings. The summed E-state index contributed by atoms with van der Waals surface area (Å²) in [7, 11) is -0.0779. The van der Waals surface area contributed by atoms with Gasteiger partial charge in [0.1, 0.15) is 0 Å². The third-order valence-electron chi connectivity index (χ3n) is 4.83. The zero-order valence-electron chi connectivity index (χ0n) is 15.1. The minimum Gasteiger partial charge on any atom is -0.373 e. The fourth-order valence-corrected chi connectivity index (χ4v) is 5.55. The van der Waals surface area contributed by atoms with Crippen LogP contribution in [0.2, 0.25) is 16.1 Å². The Labute approximate surface area is 149 Å². The molecule has 0 saturated carbocycles. The van der Waals surface area contributed by atoms with Gasteiger partial charge >= 0.3 is 0 Å². The van der Waals surface area contributed by atoms with Gasteiger partial charge in [-0.15, -0.1) is 0 Å². The highest BCUT2D eigenvalue weighted by atomic mass is 35.5.